The topological polar surface area (TPSA) is 192 Å². The van der Waals surface area contributed by atoms with E-state index in [0.29, 0.717) is 13.0 Å². The number of carbonyl (C=O) groups is 1. The molecule has 1 saturated carbocycles. The molecule has 0 spiro atoms. The summed E-state index contributed by atoms with van der Waals surface area (Å²) in [6.07, 6.45) is 32.9. The van der Waals surface area contributed by atoms with Crippen molar-refractivity contribution in [2.24, 2.45) is 0 Å². The van der Waals surface area contributed by atoms with Crippen LogP contribution in [-0.2, 0) is 27.9 Å². The number of hydrogen-bond acceptors (Lipinski definition) is 11. The maximum atomic E-state index is 12.8. The van der Waals surface area contributed by atoms with Crippen molar-refractivity contribution in [2.45, 2.75) is 204 Å². The second kappa shape index (κ2) is 36.7. The Hall–Kier alpha value is -1.96. The number of phosphoric ester groups is 1. The number of phosphoric acid groups is 1. The molecular formula is C46H81O12P. The van der Waals surface area contributed by atoms with E-state index < -0.39 is 63.1 Å². The van der Waals surface area contributed by atoms with Gasteiger partial charge in [0.2, 0.25) is 0 Å². The van der Waals surface area contributed by atoms with Crippen molar-refractivity contribution in [1.82, 2.24) is 0 Å². The first-order valence-electron chi connectivity index (χ1n) is 22.6. The fourth-order valence-corrected chi connectivity index (χ4v) is 7.53. The third kappa shape index (κ3) is 29.1. The fraction of sp³-hybridized carbons (Fsp3) is 0.761. The van der Waals surface area contributed by atoms with Gasteiger partial charge in [-0.2, -0.15) is 0 Å². The van der Waals surface area contributed by atoms with Crippen LogP contribution in [0.5, 0.6) is 0 Å². The Bertz CT molecular complexity index is 1200. The van der Waals surface area contributed by atoms with Gasteiger partial charge in [0.05, 0.1) is 13.2 Å². The maximum Gasteiger partial charge on any atom is 0.472 e. The Balaban J connectivity index is 2.45. The molecule has 6 unspecified atom stereocenters. The lowest BCUT2D eigenvalue weighted by Crippen LogP contribution is -2.64. The number of hydrogen-bond donors (Lipinski definition) is 6. The molecule has 0 amide bonds. The van der Waals surface area contributed by atoms with E-state index in [9.17, 15) is 39.8 Å². The molecule has 6 N–H and O–H groups in total. The first-order chi connectivity index (χ1) is 28.5. The van der Waals surface area contributed by atoms with E-state index in [2.05, 4.69) is 74.6 Å². The van der Waals surface area contributed by atoms with Gasteiger partial charge in [-0.3, -0.25) is 13.8 Å². The van der Waals surface area contributed by atoms with E-state index >= 15 is 0 Å². The summed E-state index contributed by atoms with van der Waals surface area (Å²) < 4.78 is 34.1. The zero-order chi connectivity index (χ0) is 43.4. The summed E-state index contributed by atoms with van der Waals surface area (Å²) in [6.45, 7) is 4.03. The van der Waals surface area contributed by atoms with E-state index in [4.69, 9.17) is 18.5 Å². The Kier molecular flexibility index (Phi) is 34.2. The molecule has 0 aliphatic heterocycles. The van der Waals surface area contributed by atoms with Gasteiger partial charge in [-0.1, -0.05) is 158 Å². The predicted molar refractivity (Wildman–Crippen MR) is 235 cm³/mol. The lowest BCUT2D eigenvalue weighted by molar-refractivity contribution is -0.220. The number of aliphatic hydroxyl groups excluding tert-OH is 5. The summed E-state index contributed by atoms with van der Waals surface area (Å²) in [7, 11) is -5.03. The SMILES string of the molecule is CC/C=C\C/C=C\C/C=C\C/C=C\C/C=C\CCCCOCC(COP(=O)(O)OC1C(O)C(O)C(O)C(O)C1O)OC(=O)CCCCCCCCCCCCCCCC. The molecule has 0 aromatic carbocycles. The van der Waals surface area contributed by atoms with Gasteiger partial charge in [0.1, 0.15) is 42.7 Å². The average Bonchev–Trinajstić information content (AvgIpc) is 3.22. The number of esters is 1. The molecule has 59 heavy (non-hydrogen) atoms. The van der Waals surface area contributed by atoms with Crippen LogP contribution in [0.3, 0.4) is 0 Å². The summed E-state index contributed by atoms with van der Waals surface area (Å²) in [6, 6.07) is 0. The van der Waals surface area contributed by atoms with Crippen molar-refractivity contribution < 1.29 is 58.3 Å². The third-order valence-corrected chi connectivity index (χ3v) is 11.1. The van der Waals surface area contributed by atoms with Crippen LogP contribution in [0.15, 0.2) is 60.8 Å². The van der Waals surface area contributed by atoms with Gasteiger partial charge in [0.15, 0.2) is 0 Å². The van der Waals surface area contributed by atoms with Crippen molar-refractivity contribution in [2.75, 3.05) is 19.8 Å². The molecular weight excluding hydrogens is 775 g/mol. The van der Waals surface area contributed by atoms with Crippen molar-refractivity contribution in [3.05, 3.63) is 60.8 Å². The predicted octanol–water partition coefficient (Wildman–Crippen LogP) is 9.03. The molecule has 1 rings (SSSR count). The molecule has 0 aromatic rings. The highest BCUT2D eigenvalue weighted by Crippen LogP contribution is 2.47. The summed E-state index contributed by atoms with van der Waals surface area (Å²) >= 11 is 0. The number of allylic oxidation sites excluding steroid dienone is 10. The molecule has 1 fully saturated rings. The summed E-state index contributed by atoms with van der Waals surface area (Å²) in [5, 5.41) is 50.1. The molecule has 0 aromatic heterocycles. The molecule has 1 aliphatic rings. The summed E-state index contributed by atoms with van der Waals surface area (Å²) in [4.78, 5) is 23.1. The molecule has 1 aliphatic carbocycles. The van der Waals surface area contributed by atoms with Crippen molar-refractivity contribution >= 4 is 13.8 Å². The molecule has 13 heteroatoms. The maximum absolute atomic E-state index is 12.8. The second-order valence-corrected chi connectivity index (χ2v) is 16.9. The Morgan fingerprint density at radius 2 is 1.00 bits per heavy atom. The van der Waals surface area contributed by atoms with Crippen LogP contribution in [0.25, 0.3) is 0 Å². The van der Waals surface area contributed by atoms with Crippen LogP contribution < -0.4 is 0 Å². The van der Waals surface area contributed by atoms with Crippen LogP contribution in [0.4, 0.5) is 0 Å². The minimum absolute atomic E-state index is 0.107. The zero-order valence-electron chi connectivity index (χ0n) is 36.3. The highest BCUT2D eigenvalue weighted by Gasteiger charge is 2.51. The molecule has 12 nitrogen and oxygen atoms in total. The van der Waals surface area contributed by atoms with E-state index in [0.717, 1.165) is 70.6 Å². The quantitative estimate of drug-likeness (QED) is 0.0151. The molecule has 342 valence electrons. The molecule has 6 atom stereocenters. The largest absolute Gasteiger partial charge is 0.472 e. The van der Waals surface area contributed by atoms with E-state index in [1.807, 2.05) is 0 Å². The second-order valence-electron chi connectivity index (χ2n) is 15.5. The standard InChI is InChI=1S/C46H81O12P/c1-3-5-7-9-11-13-15-17-19-20-21-22-24-26-28-30-32-34-36-55-37-39(38-56-59(53,54)58-46-44(51)42(49)41(48)43(50)45(46)52)57-40(47)35-33-31-29-27-25-23-18-16-14-12-10-8-6-4-2/h5,7,11,13,17,19,21-22,26,28,39,41-46,48-52H,3-4,6,8-10,12,14-16,18,20,23-25,27,29-38H2,1-2H3,(H,53,54)/b7-5-,13-11-,19-17-,22-21-,28-26-. The van der Waals surface area contributed by atoms with Crippen molar-refractivity contribution in [3.8, 4) is 0 Å². The highest BCUT2D eigenvalue weighted by atomic mass is 31.2. The van der Waals surface area contributed by atoms with Gasteiger partial charge in [-0.15, -0.1) is 0 Å². The van der Waals surface area contributed by atoms with E-state index in [-0.39, 0.29) is 13.0 Å². The van der Waals surface area contributed by atoms with Gasteiger partial charge < -0.3 is 39.9 Å². The van der Waals surface area contributed by atoms with Crippen LogP contribution in [0.2, 0.25) is 0 Å². The van der Waals surface area contributed by atoms with Crippen molar-refractivity contribution in [3.63, 3.8) is 0 Å². The van der Waals surface area contributed by atoms with Crippen LogP contribution in [0.1, 0.15) is 162 Å². The van der Waals surface area contributed by atoms with Gasteiger partial charge in [-0.05, 0) is 57.8 Å². The number of aliphatic hydroxyl groups is 5. The van der Waals surface area contributed by atoms with E-state index in [1.54, 1.807) is 0 Å². The average molecular weight is 857 g/mol. The Labute approximate surface area is 356 Å². The van der Waals surface area contributed by atoms with Gasteiger partial charge in [0, 0.05) is 13.0 Å². The molecule has 0 bridgehead atoms. The molecule has 0 heterocycles. The normalized spacial score (nSPS) is 23.1. The number of ether oxygens (including phenoxy) is 2. The smallest absolute Gasteiger partial charge is 0.457 e. The third-order valence-electron chi connectivity index (χ3n) is 10.2. The summed E-state index contributed by atoms with van der Waals surface area (Å²) in [5.41, 5.74) is 0. The number of rotatable bonds is 37. The monoisotopic (exact) mass is 857 g/mol. The van der Waals surface area contributed by atoms with Crippen LogP contribution in [0, 0.1) is 0 Å². The highest BCUT2D eigenvalue weighted by molar-refractivity contribution is 7.47. The van der Waals surface area contributed by atoms with Crippen molar-refractivity contribution in [1.29, 1.82) is 0 Å². The summed E-state index contributed by atoms with van der Waals surface area (Å²) in [5.74, 6) is -0.494. The van der Waals surface area contributed by atoms with Gasteiger partial charge in [0.25, 0.3) is 0 Å². The first kappa shape index (κ1) is 55.1. The number of unbranched alkanes of at least 4 members (excludes halogenated alkanes) is 15. The Morgan fingerprint density at radius 1 is 0.559 bits per heavy atom. The van der Waals surface area contributed by atoms with Crippen LogP contribution in [-0.4, -0.2) is 98.9 Å². The lowest BCUT2D eigenvalue weighted by Gasteiger charge is -2.41. The Morgan fingerprint density at radius 3 is 1.49 bits per heavy atom. The lowest BCUT2D eigenvalue weighted by atomic mass is 9.85. The molecule has 0 saturated heterocycles. The minimum Gasteiger partial charge on any atom is -0.457 e. The minimum atomic E-state index is -5.03. The van der Waals surface area contributed by atoms with Gasteiger partial charge >= 0.3 is 13.8 Å². The zero-order valence-corrected chi connectivity index (χ0v) is 37.2. The van der Waals surface area contributed by atoms with Crippen LogP contribution >= 0.6 is 7.82 Å². The van der Waals surface area contributed by atoms with E-state index in [1.165, 1.54) is 64.2 Å². The van der Waals surface area contributed by atoms with Gasteiger partial charge in [-0.25, -0.2) is 4.57 Å². The molecule has 0 radical (unpaired) electrons. The number of carbonyl (C=O) groups excluding carboxylic acids is 1. The first-order valence-corrected chi connectivity index (χ1v) is 24.1. The fourth-order valence-electron chi connectivity index (χ4n) is 6.56.